The van der Waals surface area contributed by atoms with Crippen LogP contribution >= 0.6 is 11.3 Å². The van der Waals surface area contributed by atoms with E-state index in [9.17, 15) is 4.79 Å². The first-order chi connectivity index (χ1) is 18.2. The van der Waals surface area contributed by atoms with E-state index in [0.717, 1.165) is 33.6 Å². The highest BCUT2D eigenvalue weighted by atomic mass is 32.1. The van der Waals surface area contributed by atoms with Gasteiger partial charge in [-0.3, -0.25) is 4.79 Å². The van der Waals surface area contributed by atoms with Gasteiger partial charge in [-0.25, -0.2) is 0 Å². The third kappa shape index (κ3) is 5.76. The Morgan fingerprint density at radius 1 is 0.919 bits per heavy atom. The molecular formula is C29H32N4O3S. The fourth-order valence-corrected chi connectivity index (χ4v) is 5.45. The van der Waals surface area contributed by atoms with Gasteiger partial charge in [0.1, 0.15) is 17.3 Å². The Kier molecular flexibility index (Phi) is 7.96. The number of nitrogens with zero attached hydrogens (tertiary/aromatic N) is 4. The average Bonchev–Trinajstić information content (AvgIpc) is 3.39. The number of aromatic nitrogens is 2. The summed E-state index contributed by atoms with van der Waals surface area (Å²) in [5, 5.41) is 1.05. The predicted octanol–water partition coefficient (Wildman–Crippen LogP) is 5.30. The van der Waals surface area contributed by atoms with Crippen molar-refractivity contribution in [3.05, 3.63) is 71.1 Å². The molecule has 3 heterocycles. The van der Waals surface area contributed by atoms with Gasteiger partial charge in [0.05, 0.1) is 12.0 Å². The number of anilines is 1. The van der Waals surface area contributed by atoms with Crippen molar-refractivity contribution in [1.82, 2.24) is 14.9 Å². The van der Waals surface area contributed by atoms with Crippen molar-refractivity contribution >= 4 is 33.3 Å². The molecule has 0 bridgehead atoms. The Morgan fingerprint density at radius 2 is 1.65 bits per heavy atom. The Labute approximate surface area is 221 Å². The van der Waals surface area contributed by atoms with Crippen LogP contribution in [0.5, 0.6) is 6.01 Å². The van der Waals surface area contributed by atoms with Crippen LogP contribution in [-0.2, 0) is 11.2 Å². The third-order valence-electron chi connectivity index (χ3n) is 6.52. The fourth-order valence-electron chi connectivity index (χ4n) is 4.49. The van der Waals surface area contributed by atoms with Crippen LogP contribution in [0.4, 0.5) is 5.82 Å². The molecule has 1 fully saturated rings. The Balaban J connectivity index is 1.28. The van der Waals surface area contributed by atoms with Crippen LogP contribution in [0.15, 0.2) is 60.7 Å². The molecule has 4 aromatic rings. The maximum atomic E-state index is 13.2. The van der Waals surface area contributed by atoms with Crippen LogP contribution in [0.2, 0.25) is 0 Å². The summed E-state index contributed by atoms with van der Waals surface area (Å²) in [5.41, 5.74) is 2.97. The van der Waals surface area contributed by atoms with Gasteiger partial charge in [0.2, 0.25) is 0 Å². The van der Waals surface area contributed by atoms with Gasteiger partial charge in [-0.2, -0.15) is 9.97 Å². The lowest BCUT2D eigenvalue weighted by atomic mass is 10.0. The van der Waals surface area contributed by atoms with E-state index >= 15 is 0 Å². The predicted molar refractivity (Wildman–Crippen MR) is 149 cm³/mol. The largest absolute Gasteiger partial charge is 0.461 e. The van der Waals surface area contributed by atoms with Gasteiger partial charge in [-0.05, 0) is 42.7 Å². The SMILES string of the molecule is CCOCCOc1nc(N2CCN(C(=O)c3ccc(-c4ccccc4)cc3)CC2)c2cc(CC)sc2n1. The van der Waals surface area contributed by atoms with Gasteiger partial charge in [-0.15, -0.1) is 11.3 Å². The van der Waals surface area contributed by atoms with Crippen molar-refractivity contribution < 1.29 is 14.3 Å². The van der Waals surface area contributed by atoms with Gasteiger partial charge in [-0.1, -0.05) is 49.4 Å². The summed E-state index contributed by atoms with van der Waals surface area (Å²) >= 11 is 1.68. The first-order valence-electron chi connectivity index (χ1n) is 12.9. The van der Waals surface area contributed by atoms with Gasteiger partial charge in [0, 0.05) is 43.2 Å². The van der Waals surface area contributed by atoms with Gasteiger partial charge >= 0.3 is 6.01 Å². The molecule has 0 N–H and O–H groups in total. The van der Waals surface area contributed by atoms with Gasteiger partial charge < -0.3 is 19.3 Å². The molecule has 192 valence electrons. The molecule has 0 spiro atoms. The van der Waals surface area contributed by atoms with Crippen molar-refractivity contribution in [2.45, 2.75) is 20.3 Å². The molecule has 8 heteroatoms. The van der Waals surface area contributed by atoms with Gasteiger partial charge in [0.15, 0.2) is 0 Å². The number of benzene rings is 2. The zero-order valence-corrected chi connectivity index (χ0v) is 22.2. The van der Waals surface area contributed by atoms with E-state index in [0.29, 0.717) is 57.6 Å². The summed E-state index contributed by atoms with van der Waals surface area (Å²) in [4.78, 5) is 29.0. The number of rotatable bonds is 9. The quantitative estimate of drug-likeness (QED) is 0.281. The first kappa shape index (κ1) is 25.2. The molecular weight excluding hydrogens is 484 g/mol. The van der Waals surface area contributed by atoms with Crippen LogP contribution in [0, 0.1) is 0 Å². The highest BCUT2D eigenvalue weighted by Gasteiger charge is 2.25. The first-order valence-corrected chi connectivity index (χ1v) is 13.7. The number of carbonyl (C=O) groups is 1. The van der Waals surface area contributed by atoms with E-state index in [4.69, 9.17) is 14.5 Å². The fraction of sp³-hybridized carbons (Fsp3) is 0.345. The van der Waals surface area contributed by atoms with Crippen molar-refractivity contribution in [2.24, 2.45) is 0 Å². The number of amides is 1. The number of hydrogen-bond donors (Lipinski definition) is 0. The molecule has 0 aliphatic carbocycles. The minimum absolute atomic E-state index is 0.0656. The lowest BCUT2D eigenvalue weighted by Gasteiger charge is -2.35. The van der Waals surface area contributed by atoms with E-state index in [1.807, 2.05) is 54.3 Å². The molecule has 1 aliphatic rings. The standard InChI is InChI=1S/C29H32N4O3S/c1-3-24-20-25-26(30-29(31-27(25)37-24)36-19-18-35-4-2)32-14-16-33(17-15-32)28(34)23-12-10-22(11-13-23)21-8-6-5-7-9-21/h5-13,20H,3-4,14-19H2,1-2H3. The van der Waals surface area contributed by atoms with Crippen molar-refractivity contribution in [2.75, 3.05) is 50.9 Å². The number of piperazine rings is 1. The molecule has 2 aromatic heterocycles. The molecule has 0 radical (unpaired) electrons. The molecule has 1 saturated heterocycles. The van der Waals surface area contributed by atoms with Crippen LogP contribution in [0.1, 0.15) is 29.1 Å². The topological polar surface area (TPSA) is 67.8 Å². The highest BCUT2D eigenvalue weighted by molar-refractivity contribution is 7.18. The van der Waals surface area contributed by atoms with E-state index < -0.39 is 0 Å². The van der Waals surface area contributed by atoms with Crippen molar-refractivity contribution in [3.8, 4) is 17.1 Å². The second-order valence-corrected chi connectivity index (χ2v) is 10.00. The molecule has 1 aliphatic heterocycles. The summed E-state index contributed by atoms with van der Waals surface area (Å²) in [5.74, 6) is 0.947. The minimum Gasteiger partial charge on any atom is -0.461 e. The molecule has 1 amide bonds. The summed E-state index contributed by atoms with van der Waals surface area (Å²) in [6.07, 6.45) is 0.951. The normalized spacial score (nSPS) is 13.8. The molecule has 0 unspecified atom stereocenters. The number of hydrogen-bond acceptors (Lipinski definition) is 7. The number of carbonyl (C=O) groups excluding carboxylic acids is 1. The Hall–Kier alpha value is -3.49. The zero-order valence-electron chi connectivity index (χ0n) is 21.4. The van der Waals surface area contributed by atoms with E-state index in [-0.39, 0.29) is 5.91 Å². The minimum atomic E-state index is 0.0656. The maximum Gasteiger partial charge on any atom is 0.319 e. The summed E-state index contributed by atoms with van der Waals surface area (Å²) in [6, 6.07) is 20.7. The zero-order chi connectivity index (χ0) is 25.6. The Morgan fingerprint density at radius 3 is 2.35 bits per heavy atom. The number of ether oxygens (including phenoxy) is 2. The van der Waals surface area contributed by atoms with Crippen LogP contribution in [0.3, 0.4) is 0 Å². The second kappa shape index (κ2) is 11.7. The molecule has 0 saturated carbocycles. The van der Waals surface area contributed by atoms with Crippen LogP contribution < -0.4 is 9.64 Å². The lowest BCUT2D eigenvalue weighted by Crippen LogP contribution is -2.49. The second-order valence-electron chi connectivity index (χ2n) is 8.88. The summed E-state index contributed by atoms with van der Waals surface area (Å²) in [7, 11) is 0. The molecule has 37 heavy (non-hydrogen) atoms. The molecule has 2 aromatic carbocycles. The van der Waals surface area contributed by atoms with E-state index in [2.05, 4.69) is 35.0 Å². The smallest absolute Gasteiger partial charge is 0.319 e. The molecule has 0 atom stereocenters. The summed E-state index contributed by atoms with van der Waals surface area (Å²) < 4.78 is 11.2. The average molecular weight is 517 g/mol. The molecule has 7 nitrogen and oxygen atoms in total. The van der Waals surface area contributed by atoms with Crippen molar-refractivity contribution in [1.29, 1.82) is 0 Å². The van der Waals surface area contributed by atoms with Gasteiger partial charge in [0.25, 0.3) is 5.91 Å². The van der Waals surface area contributed by atoms with Crippen LogP contribution in [0.25, 0.3) is 21.3 Å². The van der Waals surface area contributed by atoms with E-state index in [1.165, 1.54) is 4.88 Å². The number of fused-ring (bicyclic) bond motifs is 1. The van der Waals surface area contributed by atoms with Crippen molar-refractivity contribution in [3.63, 3.8) is 0 Å². The third-order valence-corrected chi connectivity index (χ3v) is 7.69. The van der Waals surface area contributed by atoms with E-state index in [1.54, 1.807) is 11.3 Å². The summed E-state index contributed by atoms with van der Waals surface area (Å²) in [6.45, 7) is 8.36. The lowest BCUT2D eigenvalue weighted by molar-refractivity contribution is 0.0746. The number of thiophene rings is 1. The Bertz CT molecular complexity index is 1330. The maximum absolute atomic E-state index is 13.2. The molecule has 5 rings (SSSR count). The monoisotopic (exact) mass is 516 g/mol. The highest BCUT2D eigenvalue weighted by Crippen LogP contribution is 2.33. The number of aryl methyl sites for hydroxylation is 1. The van der Waals surface area contributed by atoms with Crippen LogP contribution in [-0.4, -0.2) is 66.8 Å².